The predicted molar refractivity (Wildman–Crippen MR) is 167 cm³/mol. The fourth-order valence-corrected chi connectivity index (χ4v) is 4.78. The molecule has 2 aromatic carbocycles. The molecule has 0 fully saturated rings. The molecule has 0 spiro atoms. The topological polar surface area (TPSA) is 108 Å². The average Bonchev–Trinajstić information content (AvgIpc) is 2.94. The number of carbonyl (C=O) groups is 3. The molecule has 3 amide bonds. The largest absolute Gasteiger partial charge is 0.508 e. The lowest BCUT2D eigenvalue weighted by Crippen LogP contribution is -2.54. The van der Waals surface area contributed by atoms with Crippen LogP contribution in [0.15, 0.2) is 54.6 Å². The number of hydrogen-bond donors (Lipinski definition) is 3. The lowest BCUT2D eigenvalue weighted by atomic mass is 9.99. The van der Waals surface area contributed by atoms with Crippen molar-refractivity contribution in [1.82, 2.24) is 15.5 Å². The minimum absolute atomic E-state index is 0.0615. The molecule has 0 saturated carbocycles. The highest BCUT2D eigenvalue weighted by molar-refractivity contribution is 5.92. The van der Waals surface area contributed by atoms with E-state index in [1.807, 2.05) is 37.3 Å². The van der Waals surface area contributed by atoms with Crippen molar-refractivity contribution in [3.63, 3.8) is 0 Å². The predicted octanol–water partition coefficient (Wildman–Crippen LogP) is 6.67. The van der Waals surface area contributed by atoms with Crippen LogP contribution in [0.25, 0.3) is 0 Å². The van der Waals surface area contributed by atoms with E-state index in [1.54, 1.807) is 39.0 Å². The van der Waals surface area contributed by atoms with Crippen LogP contribution in [0, 0.1) is 0 Å². The van der Waals surface area contributed by atoms with Crippen molar-refractivity contribution in [3.05, 3.63) is 65.7 Å². The van der Waals surface area contributed by atoms with Gasteiger partial charge in [-0.2, -0.15) is 0 Å². The summed E-state index contributed by atoms with van der Waals surface area (Å²) in [6, 6.07) is 14.0. The SMILES string of the molecule is CCCCCCCCN(C(=O)C(Cc1ccccc1)NC(=O)OC(C)(C)C)C(C(=O)NCCCC)c1ccccc1O. The number of amides is 3. The van der Waals surface area contributed by atoms with Gasteiger partial charge >= 0.3 is 6.09 Å². The van der Waals surface area contributed by atoms with Crippen LogP contribution in [0.4, 0.5) is 4.79 Å². The Bertz CT molecular complexity index is 1100. The number of unbranched alkanes of at least 4 members (excludes halogenated alkanes) is 6. The summed E-state index contributed by atoms with van der Waals surface area (Å²) < 4.78 is 5.51. The highest BCUT2D eigenvalue weighted by Gasteiger charge is 2.37. The first kappa shape index (κ1) is 34.7. The number of benzene rings is 2. The second-order valence-corrected chi connectivity index (χ2v) is 11.8. The van der Waals surface area contributed by atoms with Crippen LogP contribution in [-0.2, 0) is 20.7 Å². The Hall–Kier alpha value is -3.55. The second-order valence-electron chi connectivity index (χ2n) is 11.8. The van der Waals surface area contributed by atoms with Gasteiger partial charge in [0.1, 0.15) is 23.4 Å². The normalized spacial score (nSPS) is 12.7. The van der Waals surface area contributed by atoms with E-state index >= 15 is 0 Å². The van der Waals surface area contributed by atoms with Crippen LogP contribution in [0.1, 0.15) is 103 Å². The molecule has 2 rings (SSSR count). The molecule has 0 bridgehead atoms. The fraction of sp³-hybridized carbons (Fsp3) is 0.559. The number of para-hydroxylation sites is 1. The lowest BCUT2D eigenvalue weighted by molar-refractivity contribution is -0.142. The first-order valence-electron chi connectivity index (χ1n) is 15.5. The molecule has 0 heterocycles. The van der Waals surface area contributed by atoms with Crippen LogP contribution < -0.4 is 10.6 Å². The van der Waals surface area contributed by atoms with Crippen LogP contribution in [0.2, 0.25) is 0 Å². The second kappa shape index (κ2) is 18.1. The van der Waals surface area contributed by atoms with E-state index in [-0.39, 0.29) is 18.1 Å². The van der Waals surface area contributed by atoms with E-state index in [0.717, 1.165) is 50.5 Å². The van der Waals surface area contributed by atoms with Crippen LogP contribution in [-0.4, -0.2) is 52.6 Å². The molecule has 0 aromatic heterocycles. The number of nitrogens with one attached hydrogen (secondary N) is 2. The molecule has 0 aliphatic heterocycles. The Kier molecular flexibility index (Phi) is 14.9. The molecule has 0 radical (unpaired) electrons. The molecule has 8 heteroatoms. The van der Waals surface area contributed by atoms with Gasteiger partial charge in [-0.25, -0.2) is 4.79 Å². The van der Waals surface area contributed by atoms with Crippen molar-refractivity contribution in [2.24, 2.45) is 0 Å². The number of phenolic OH excluding ortho intramolecular Hbond substituents is 1. The lowest BCUT2D eigenvalue weighted by Gasteiger charge is -2.35. The summed E-state index contributed by atoms with van der Waals surface area (Å²) in [5, 5.41) is 16.6. The zero-order chi connectivity index (χ0) is 31.0. The molecule has 8 nitrogen and oxygen atoms in total. The molecule has 2 unspecified atom stereocenters. The van der Waals surface area contributed by atoms with Gasteiger partial charge in [-0.05, 0) is 45.2 Å². The highest BCUT2D eigenvalue weighted by atomic mass is 16.6. The van der Waals surface area contributed by atoms with Crippen molar-refractivity contribution < 1.29 is 24.2 Å². The summed E-state index contributed by atoms with van der Waals surface area (Å²) in [4.78, 5) is 42.7. The number of ether oxygens (including phenoxy) is 1. The monoisotopic (exact) mass is 581 g/mol. The molecule has 232 valence electrons. The number of rotatable bonds is 17. The van der Waals surface area contributed by atoms with Gasteiger partial charge in [-0.3, -0.25) is 9.59 Å². The zero-order valence-corrected chi connectivity index (χ0v) is 26.2. The third-order valence-corrected chi connectivity index (χ3v) is 6.93. The third-order valence-electron chi connectivity index (χ3n) is 6.93. The number of hydrogen-bond acceptors (Lipinski definition) is 5. The smallest absolute Gasteiger partial charge is 0.408 e. The zero-order valence-electron chi connectivity index (χ0n) is 26.2. The number of aromatic hydroxyl groups is 1. The summed E-state index contributed by atoms with van der Waals surface area (Å²) in [5.41, 5.74) is 0.458. The molecule has 0 aliphatic carbocycles. The maximum absolute atomic E-state index is 14.5. The van der Waals surface area contributed by atoms with Gasteiger partial charge in [0, 0.05) is 25.1 Å². The maximum atomic E-state index is 14.5. The van der Waals surface area contributed by atoms with Crippen LogP contribution >= 0.6 is 0 Å². The first-order valence-corrected chi connectivity index (χ1v) is 15.5. The Labute approximate surface area is 252 Å². The summed E-state index contributed by atoms with van der Waals surface area (Å²) in [6.45, 7) is 10.3. The Morgan fingerprint density at radius 3 is 2.12 bits per heavy atom. The van der Waals surface area contributed by atoms with Gasteiger partial charge in [0.2, 0.25) is 11.8 Å². The van der Waals surface area contributed by atoms with Gasteiger partial charge in [0.25, 0.3) is 0 Å². The minimum Gasteiger partial charge on any atom is -0.508 e. The molecular weight excluding hydrogens is 530 g/mol. The van der Waals surface area contributed by atoms with Crippen molar-refractivity contribution in [3.8, 4) is 5.75 Å². The Morgan fingerprint density at radius 1 is 0.857 bits per heavy atom. The maximum Gasteiger partial charge on any atom is 0.408 e. The van der Waals surface area contributed by atoms with Crippen molar-refractivity contribution >= 4 is 17.9 Å². The Balaban J connectivity index is 2.50. The molecule has 2 atom stereocenters. The number of nitrogens with zero attached hydrogens (tertiary/aromatic N) is 1. The van der Waals surface area contributed by atoms with Gasteiger partial charge in [0.15, 0.2) is 0 Å². The summed E-state index contributed by atoms with van der Waals surface area (Å²) in [5.74, 6) is -0.828. The number of carbonyl (C=O) groups excluding carboxylic acids is 3. The quantitative estimate of drug-likeness (QED) is 0.181. The number of alkyl carbamates (subject to hydrolysis) is 1. The van der Waals surface area contributed by atoms with E-state index in [9.17, 15) is 19.5 Å². The van der Waals surface area contributed by atoms with Crippen LogP contribution in [0.5, 0.6) is 5.75 Å². The summed E-state index contributed by atoms with van der Waals surface area (Å²) in [6.07, 6.45) is 7.23. The molecule has 0 saturated heterocycles. The molecule has 2 aromatic rings. The van der Waals surface area contributed by atoms with Gasteiger partial charge in [-0.15, -0.1) is 0 Å². The average molecular weight is 582 g/mol. The molecule has 3 N–H and O–H groups in total. The van der Waals surface area contributed by atoms with E-state index in [1.165, 1.54) is 11.0 Å². The van der Waals surface area contributed by atoms with Crippen molar-refractivity contribution in [2.75, 3.05) is 13.1 Å². The minimum atomic E-state index is -1.06. The standard InChI is InChI=1S/C34H51N3O5/c1-6-8-10-11-12-18-24-37(30(31(39)35-23-9-7-2)27-21-16-17-22-29(27)38)32(40)28(25-26-19-14-13-15-20-26)36-33(41)42-34(3,4)5/h13-17,19-22,28,30,38H,6-12,18,23-25H2,1-5H3,(H,35,39)(H,36,41). The van der Waals surface area contributed by atoms with Crippen molar-refractivity contribution in [1.29, 1.82) is 0 Å². The van der Waals surface area contributed by atoms with Gasteiger partial charge < -0.3 is 25.4 Å². The molecule has 0 aliphatic rings. The fourth-order valence-electron chi connectivity index (χ4n) is 4.78. The van der Waals surface area contributed by atoms with Crippen LogP contribution in [0.3, 0.4) is 0 Å². The number of phenols is 1. The molecule has 42 heavy (non-hydrogen) atoms. The van der Waals surface area contributed by atoms with E-state index in [2.05, 4.69) is 17.6 Å². The first-order chi connectivity index (χ1) is 20.1. The summed E-state index contributed by atoms with van der Waals surface area (Å²) in [7, 11) is 0. The van der Waals surface area contributed by atoms with Gasteiger partial charge in [-0.1, -0.05) is 101 Å². The Morgan fingerprint density at radius 2 is 1.48 bits per heavy atom. The van der Waals surface area contributed by atoms with E-state index < -0.39 is 29.7 Å². The summed E-state index contributed by atoms with van der Waals surface area (Å²) >= 11 is 0. The van der Waals surface area contributed by atoms with Gasteiger partial charge in [0.05, 0.1) is 0 Å². The highest BCUT2D eigenvalue weighted by Crippen LogP contribution is 2.30. The van der Waals surface area contributed by atoms with Crippen molar-refractivity contribution in [2.45, 2.75) is 110 Å². The van der Waals surface area contributed by atoms with E-state index in [0.29, 0.717) is 25.1 Å². The molecular formula is C34H51N3O5. The third kappa shape index (κ3) is 12.1. The van der Waals surface area contributed by atoms with E-state index in [4.69, 9.17) is 4.74 Å².